The van der Waals surface area contributed by atoms with E-state index in [9.17, 15) is 4.79 Å². The highest BCUT2D eigenvalue weighted by Crippen LogP contribution is 2.47. The molecule has 1 aromatic heterocycles. The van der Waals surface area contributed by atoms with E-state index in [1.807, 2.05) is 6.07 Å². The Hall–Kier alpha value is -2.37. The lowest BCUT2D eigenvalue weighted by molar-refractivity contribution is 0.563. The highest BCUT2D eigenvalue weighted by atomic mass is 16.4. The zero-order valence-corrected chi connectivity index (χ0v) is 8.91. The molecule has 2 aliphatic rings. The van der Waals surface area contributed by atoms with Crippen LogP contribution in [0.15, 0.2) is 21.3 Å². The molecule has 6 nitrogen and oxygen atoms in total. The molecule has 0 fully saturated rings. The standard InChI is InChI=1S/C11H10N4O2/c12-6-2-8(16)17-11-5(6)1-7-10-9(11)14-4-15(10)3-13-7/h1-2,13-14H,3-4,12H2. The van der Waals surface area contributed by atoms with Crippen molar-refractivity contribution in [1.29, 1.82) is 0 Å². The van der Waals surface area contributed by atoms with E-state index in [0.717, 1.165) is 29.1 Å². The molecule has 0 amide bonds. The van der Waals surface area contributed by atoms with Crippen molar-refractivity contribution in [2.24, 2.45) is 0 Å². The van der Waals surface area contributed by atoms with Crippen LogP contribution in [0.2, 0.25) is 0 Å². The molecular weight excluding hydrogens is 220 g/mol. The van der Waals surface area contributed by atoms with Crippen molar-refractivity contribution in [3.8, 4) is 0 Å². The van der Waals surface area contributed by atoms with Crippen molar-refractivity contribution in [1.82, 2.24) is 0 Å². The van der Waals surface area contributed by atoms with E-state index >= 15 is 0 Å². The normalized spacial score (nSPS) is 15.9. The highest BCUT2D eigenvalue weighted by molar-refractivity contribution is 6.09. The van der Waals surface area contributed by atoms with Gasteiger partial charge in [-0.05, 0) is 6.07 Å². The molecule has 0 spiro atoms. The third-order valence-corrected chi connectivity index (χ3v) is 3.26. The Bertz CT molecular complexity index is 707. The summed E-state index contributed by atoms with van der Waals surface area (Å²) >= 11 is 0. The molecule has 2 aliphatic heterocycles. The molecule has 0 aliphatic carbocycles. The number of fused-ring (bicyclic) bond motifs is 2. The molecule has 2 aromatic rings. The molecule has 0 atom stereocenters. The van der Waals surface area contributed by atoms with Crippen LogP contribution in [0.25, 0.3) is 11.0 Å². The van der Waals surface area contributed by atoms with Crippen LogP contribution in [0, 0.1) is 0 Å². The lowest BCUT2D eigenvalue weighted by Crippen LogP contribution is -2.23. The smallest absolute Gasteiger partial charge is 0.338 e. The van der Waals surface area contributed by atoms with Crippen LogP contribution in [0.1, 0.15) is 0 Å². The van der Waals surface area contributed by atoms with E-state index in [1.165, 1.54) is 6.07 Å². The van der Waals surface area contributed by atoms with Crippen LogP contribution < -0.4 is 26.9 Å². The van der Waals surface area contributed by atoms with Crippen molar-refractivity contribution in [2.45, 2.75) is 0 Å². The van der Waals surface area contributed by atoms with Crippen LogP contribution in [0.5, 0.6) is 0 Å². The van der Waals surface area contributed by atoms with Crippen LogP contribution in [0.3, 0.4) is 0 Å². The number of benzene rings is 1. The molecular formula is C11H10N4O2. The molecule has 0 radical (unpaired) electrons. The fourth-order valence-electron chi connectivity index (χ4n) is 2.51. The van der Waals surface area contributed by atoms with Gasteiger partial charge in [0.2, 0.25) is 0 Å². The predicted molar refractivity (Wildman–Crippen MR) is 66.4 cm³/mol. The summed E-state index contributed by atoms with van der Waals surface area (Å²) in [6.45, 7) is 1.47. The molecule has 86 valence electrons. The van der Waals surface area contributed by atoms with Crippen molar-refractivity contribution in [2.75, 3.05) is 34.6 Å². The third kappa shape index (κ3) is 0.968. The second kappa shape index (κ2) is 2.65. The Labute approximate surface area is 96.0 Å². The van der Waals surface area contributed by atoms with Gasteiger partial charge in [0.05, 0.1) is 24.7 Å². The maximum Gasteiger partial charge on any atom is 0.338 e. The van der Waals surface area contributed by atoms with E-state index in [1.54, 1.807) is 0 Å². The van der Waals surface area contributed by atoms with Gasteiger partial charge in [-0.25, -0.2) is 4.79 Å². The minimum atomic E-state index is -0.419. The Kier molecular flexibility index (Phi) is 1.36. The maximum atomic E-state index is 11.4. The van der Waals surface area contributed by atoms with E-state index in [-0.39, 0.29) is 0 Å². The second-order valence-electron chi connectivity index (χ2n) is 4.25. The van der Waals surface area contributed by atoms with Crippen LogP contribution in [0.4, 0.5) is 22.7 Å². The summed E-state index contributed by atoms with van der Waals surface area (Å²) < 4.78 is 5.26. The molecule has 1 aromatic carbocycles. The van der Waals surface area contributed by atoms with Crippen molar-refractivity contribution < 1.29 is 4.42 Å². The fourth-order valence-corrected chi connectivity index (χ4v) is 2.51. The topological polar surface area (TPSA) is 83.5 Å². The van der Waals surface area contributed by atoms with Gasteiger partial charge < -0.3 is 25.7 Å². The van der Waals surface area contributed by atoms with Crippen molar-refractivity contribution in [3.63, 3.8) is 0 Å². The number of nitrogens with one attached hydrogen (secondary N) is 2. The first-order valence-electron chi connectivity index (χ1n) is 5.37. The van der Waals surface area contributed by atoms with Gasteiger partial charge in [-0.15, -0.1) is 0 Å². The summed E-state index contributed by atoms with van der Waals surface area (Å²) in [4.78, 5) is 13.5. The third-order valence-electron chi connectivity index (χ3n) is 3.26. The van der Waals surface area contributed by atoms with Gasteiger partial charge in [0.25, 0.3) is 0 Å². The average molecular weight is 230 g/mol. The number of hydrogen-bond donors (Lipinski definition) is 3. The summed E-state index contributed by atoms with van der Waals surface area (Å²) in [5, 5.41) is 7.29. The van der Waals surface area contributed by atoms with Crippen LogP contribution in [-0.4, -0.2) is 13.3 Å². The minimum Gasteiger partial charge on any atom is -0.420 e. The fraction of sp³-hybridized carbons (Fsp3) is 0.182. The van der Waals surface area contributed by atoms with Crippen LogP contribution >= 0.6 is 0 Å². The minimum absolute atomic E-state index is 0.419. The van der Waals surface area contributed by atoms with Gasteiger partial charge in [0.1, 0.15) is 5.69 Å². The number of anilines is 4. The maximum absolute atomic E-state index is 11.4. The van der Waals surface area contributed by atoms with Crippen molar-refractivity contribution in [3.05, 3.63) is 22.6 Å². The first kappa shape index (κ1) is 8.74. The summed E-state index contributed by atoms with van der Waals surface area (Å²) in [5.41, 5.74) is 9.37. The number of nitrogens with zero attached hydrogens (tertiary/aromatic N) is 1. The number of nitrogen functional groups attached to an aromatic ring is 1. The molecule has 0 bridgehead atoms. The van der Waals surface area contributed by atoms with Gasteiger partial charge in [-0.2, -0.15) is 0 Å². The van der Waals surface area contributed by atoms with E-state index in [0.29, 0.717) is 17.9 Å². The Morgan fingerprint density at radius 1 is 1.29 bits per heavy atom. The monoisotopic (exact) mass is 230 g/mol. The summed E-state index contributed by atoms with van der Waals surface area (Å²) in [5.74, 6) is 0. The number of nitrogens with two attached hydrogens (primary N) is 1. The first-order chi connectivity index (χ1) is 8.24. The Morgan fingerprint density at radius 2 is 2.12 bits per heavy atom. The molecule has 0 saturated heterocycles. The molecule has 17 heavy (non-hydrogen) atoms. The van der Waals surface area contributed by atoms with Crippen LogP contribution in [-0.2, 0) is 0 Å². The van der Waals surface area contributed by atoms with E-state index in [2.05, 4.69) is 15.5 Å². The quantitative estimate of drug-likeness (QED) is 0.584. The number of rotatable bonds is 0. The molecule has 4 rings (SSSR count). The lowest BCUT2D eigenvalue weighted by Gasteiger charge is -2.07. The SMILES string of the molecule is Nc1cc(=O)oc2c3c4c(cc12)NCN4CN3. The van der Waals surface area contributed by atoms with Gasteiger partial charge in [0, 0.05) is 17.1 Å². The summed E-state index contributed by atoms with van der Waals surface area (Å²) in [6, 6.07) is 3.24. The Balaban J connectivity index is 2.22. The zero-order valence-electron chi connectivity index (χ0n) is 8.91. The molecule has 0 unspecified atom stereocenters. The van der Waals surface area contributed by atoms with Gasteiger partial charge in [-0.1, -0.05) is 0 Å². The second-order valence-corrected chi connectivity index (χ2v) is 4.25. The lowest BCUT2D eigenvalue weighted by atomic mass is 10.1. The highest BCUT2D eigenvalue weighted by Gasteiger charge is 2.30. The number of hydrogen-bond acceptors (Lipinski definition) is 6. The van der Waals surface area contributed by atoms with Gasteiger partial charge in [0.15, 0.2) is 5.58 Å². The molecule has 0 saturated carbocycles. The summed E-state index contributed by atoms with van der Waals surface area (Å²) in [7, 11) is 0. The van der Waals surface area contributed by atoms with Gasteiger partial charge in [-0.3, -0.25) is 0 Å². The molecule has 3 heterocycles. The van der Waals surface area contributed by atoms with Gasteiger partial charge >= 0.3 is 5.63 Å². The predicted octanol–water partition coefficient (Wildman–Crippen LogP) is 0.948. The largest absolute Gasteiger partial charge is 0.420 e. The van der Waals surface area contributed by atoms with E-state index in [4.69, 9.17) is 10.2 Å². The first-order valence-corrected chi connectivity index (χ1v) is 5.37. The Morgan fingerprint density at radius 3 is 3.00 bits per heavy atom. The van der Waals surface area contributed by atoms with E-state index < -0.39 is 5.63 Å². The molecule has 6 heteroatoms. The summed E-state index contributed by atoms with van der Waals surface area (Å²) in [6.07, 6.45) is 0. The van der Waals surface area contributed by atoms with Crippen molar-refractivity contribution >= 4 is 33.7 Å². The molecule has 4 N–H and O–H groups in total. The zero-order chi connectivity index (χ0) is 11.6. The average Bonchev–Trinajstić information content (AvgIpc) is 2.86.